The molecule has 138 valence electrons. The van der Waals surface area contributed by atoms with Crippen LogP contribution in [0.5, 0.6) is 0 Å². The lowest BCUT2D eigenvalue weighted by atomic mass is 10.1. The fourth-order valence-corrected chi connectivity index (χ4v) is 2.97. The fraction of sp³-hybridized carbons (Fsp3) is 0.0455. The lowest BCUT2D eigenvalue weighted by Gasteiger charge is -2.12. The number of pyridine rings is 2. The van der Waals surface area contributed by atoms with Gasteiger partial charge in [-0.3, -0.25) is 9.59 Å². The Morgan fingerprint density at radius 1 is 0.964 bits per heavy atom. The zero-order valence-electron chi connectivity index (χ0n) is 15.0. The molecule has 6 heteroatoms. The van der Waals surface area contributed by atoms with Crippen LogP contribution in [-0.4, -0.2) is 15.9 Å². The van der Waals surface area contributed by atoms with E-state index in [2.05, 4.69) is 20.6 Å². The Bertz CT molecular complexity index is 1200. The van der Waals surface area contributed by atoms with Gasteiger partial charge in [-0.05, 0) is 35.2 Å². The summed E-state index contributed by atoms with van der Waals surface area (Å²) in [5, 5.41) is 8.09. The number of benzene rings is 2. The molecule has 4 rings (SSSR count). The topological polar surface area (TPSA) is 86.9 Å². The van der Waals surface area contributed by atoms with E-state index >= 15 is 0 Å². The van der Waals surface area contributed by atoms with Crippen LogP contribution in [0.1, 0.15) is 15.9 Å². The van der Waals surface area contributed by atoms with Gasteiger partial charge in [0.05, 0.1) is 5.56 Å². The highest BCUT2D eigenvalue weighted by Crippen LogP contribution is 2.20. The Hall–Kier alpha value is -3.93. The second kappa shape index (κ2) is 7.75. The molecule has 0 aliphatic heterocycles. The Kier molecular flexibility index (Phi) is 4.84. The standard InChI is InChI=1S/C22H18N4O2/c27-21-11-15(9-10-23-21)13-24-19-8-4-3-7-18(19)22(28)26-20-12-16-5-1-2-6-17(16)14-25-20/h1-12,14,24H,13H2,(H,23,27)(H,25,26,28). The monoisotopic (exact) mass is 370 g/mol. The molecule has 0 saturated carbocycles. The first kappa shape index (κ1) is 17.5. The van der Waals surface area contributed by atoms with Crippen molar-refractivity contribution < 1.29 is 4.79 Å². The molecule has 0 aliphatic rings. The van der Waals surface area contributed by atoms with E-state index in [1.54, 1.807) is 24.5 Å². The molecule has 3 N–H and O–H groups in total. The normalized spacial score (nSPS) is 10.6. The van der Waals surface area contributed by atoms with Crippen LogP contribution in [0.4, 0.5) is 11.5 Å². The number of hydrogen-bond acceptors (Lipinski definition) is 4. The number of nitrogens with one attached hydrogen (secondary N) is 3. The third-order valence-corrected chi connectivity index (χ3v) is 4.37. The molecule has 0 spiro atoms. The molecule has 2 heterocycles. The number of carbonyl (C=O) groups excluding carboxylic acids is 1. The van der Waals surface area contributed by atoms with E-state index in [0.717, 1.165) is 16.3 Å². The molecule has 28 heavy (non-hydrogen) atoms. The van der Waals surface area contributed by atoms with Crippen molar-refractivity contribution in [1.29, 1.82) is 0 Å². The van der Waals surface area contributed by atoms with Crippen molar-refractivity contribution in [2.24, 2.45) is 0 Å². The second-order valence-electron chi connectivity index (χ2n) is 6.33. The number of rotatable bonds is 5. The van der Waals surface area contributed by atoms with Crippen molar-refractivity contribution in [3.8, 4) is 0 Å². The number of para-hydroxylation sites is 1. The molecule has 1 amide bonds. The SMILES string of the molecule is O=C(Nc1cc2ccccc2cn1)c1ccccc1NCc1cc[nH]c(=O)c1. The third-order valence-electron chi connectivity index (χ3n) is 4.37. The summed E-state index contributed by atoms with van der Waals surface area (Å²) in [5.41, 5.74) is 1.85. The van der Waals surface area contributed by atoms with E-state index < -0.39 is 0 Å². The van der Waals surface area contributed by atoms with Gasteiger partial charge >= 0.3 is 0 Å². The molecule has 0 atom stereocenters. The molecule has 0 radical (unpaired) electrons. The Labute approximate surface area is 161 Å². The molecule has 0 bridgehead atoms. The zero-order chi connectivity index (χ0) is 19.3. The highest BCUT2D eigenvalue weighted by molar-refractivity contribution is 6.08. The average Bonchev–Trinajstić information content (AvgIpc) is 2.72. The molecular formula is C22H18N4O2. The smallest absolute Gasteiger partial charge is 0.258 e. The largest absolute Gasteiger partial charge is 0.380 e. The molecule has 4 aromatic rings. The van der Waals surface area contributed by atoms with Crippen LogP contribution in [0.3, 0.4) is 0 Å². The number of H-pyrrole nitrogens is 1. The van der Waals surface area contributed by atoms with Crippen LogP contribution in [0.2, 0.25) is 0 Å². The van der Waals surface area contributed by atoms with E-state index in [4.69, 9.17) is 0 Å². The third kappa shape index (κ3) is 3.91. The minimum absolute atomic E-state index is 0.160. The van der Waals surface area contributed by atoms with Crippen LogP contribution >= 0.6 is 0 Å². The van der Waals surface area contributed by atoms with E-state index in [9.17, 15) is 9.59 Å². The van der Waals surface area contributed by atoms with E-state index in [1.165, 1.54) is 6.07 Å². The second-order valence-corrected chi connectivity index (χ2v) is 6.33. The predicted octanol–water partition coefficient (Wildman–Crippen LogP) is 3.79. The first-order chi connectivity index (χ1) is 13.7. The van der Waals surface area contributed by atoms with Crippen molar-refractivity contribution >= 4 is 28.2 Å². The Morgan fingerprint density at radius 3 is 2.61 bits per heavy atom. The summed E-state index contributed by atoms with van der Waals surface area (Å²) in [6.45, 7) is 0.433. The number of hydrogen-bond donors (Lipinski definition) is 3. The van der Waals surface area contributed by atoms with Gasteiger partial charge in [0.1, 0.15) is 5.82 Å². The summed E-state index contributed by atoms with van der Waals surface area (Å²) in [5.74, 6) is 0.241. The molecule has 0 saturated heterocycles. The first-order valence-corrected chi connectivity index (χ1v) is 8.86. The Morgan fingerprint density at radius 2 is 1.75 bits per heavy atom. The number of carbonyl (C=O) groups is 1. The molecule has 6 nitrogen and oxygen atoms in total. The van der Waals surface area contributed by atoms with Crippen molar-refractivity contribution in [2.75, 3.05) is 10.6 Å². The van der Waals surface area contributed by atoms with E-state index in [-0.39, 0.29) is 11.5 Å². The van der Waals surface area contributed by atoms with E-state index in [0.29, 0.717) is 23.6 Å². The maximum atomic E-state index is 12.8. The number of anilines is 2. The first-order valence-electron chi connectivity index (χ1n) is 8.86. The predicted molar refractivity (Wildman–Crippen MR) is 111 cm³/mol. The molecule has 2 aromatic carbocycles. The summed E-state index contributed by atoms with van der Waals surface area (Å²) >= 11 is 0. The van der Waals surface area contributed by atoms with Gasteiger partial charge in [-0.2, -0.15) is 0 Å². The maximum Gasteiger partial charge on any atom is 0.258 e. The van der Waals surface area contributed by atoms with Crippen molar-refractivity contribution in [2.45, 2.75) is 6.54 Å². The summed E-state index contributed by atoms with van der Waals surface area (Å²) in [4.78, 5) is 31.1. The number of aromatic amines is 1. The van der Waals surface area contributed by atoms with Gasteiger partial charge in [0, 0.05) is 36.1 Å². The number of fused-ring (bicyclic) bond motifs is 1. The maximum absolute atomic E-state index is 12.8. The summed E-state index contributed by atoms with van der Waals surface area (Å²) < 4.78 is 0. The molecule has 0 fully saturated rings. The zero-order valence-corrected chi connectivity index (χ0v) is 15.0. The van der Waals surface area contributed by atoms with Crippen LogP contribution in [-0.2, 0) is 6.54 Å². The quantitative estimate of drug-likeness (QED) is 0.499. The minimum Gasteiger partial charge on any atom is -0.380 e. The van der Waals surface area contributed by atoms with Crippen LogP contribution in [0, 0.1) is 0 Å². The van der Waals surface area contributed by atoms with Crippen LogP contribution < -0.4 is 16.2 Å². The van der Waals surface area contributed by atoms with Crippen LogP contribution in [0.15, 0.2) is 83.9 Å². The van der Waals surface area contributed by atoms with Gasteiger partial charge in [-0.25, -0.2) is 4.98 Å². The minimum atomic E-state index is -0.253. The molecule has 2 aromatic heterocycles. The van der Waals surface area contributed by atoms with Crippen molar-refractivity contribution in [3.63, 3.8) is 0 Å². The molecular weight excluding hydrogens is 352 g/mol. The Balaban J connectivity index is 1.53. The van der Waals surface area contributed by atoms with Gasteiger partial charge in [-0.1, -0.05) is 36.4 Å². The van der Waals surface area contributed by atoms with Gasteiger partial charge in [0.25, 0.3) is 5.91 Å². The van der Waals surface area contributed by atoms with Gasteiger partial charge in [0.2, 0.25) is 5.56 Å². The fourth-order valence-electron chi connectivity index (χ4n) is 2.97. The van der Waals surface area contributed by atoms with Gasteiger partial charge in [-0.15, -0.1) is 0 Å². The summed E-state index contributed by atoms with van der Waals surface area (Å²) in [6.07, 6.45) is 3.34. The molecule has 0 aliphatic carbocycles. The summed E-state index contributed by atoms with van der Waals surface area (Å²) in [6, 6.07) is 20.3. The molecule has 0 unspecified atom stereocenters. The van der Waals surface area contributed by atoms with Gasteiger partial charge in [0.15, 0.2) is 0 Å². The average molecular weight is 370 g/mol. The lowest BCUT2D eigenvalue weighted by molar-refractivity contribution is 0.102. The number of amides is 1. The van der Waals surface area contributed by atoms with Crippen molar-refractivity contribution in [3.05, 3.63) is 101 Å². The van der Waals surface area contributed by atoms with Crippen LogP contribution in [0.25, 0.3) is 10.8 Å². The van der Waals surface area contributed by atoms with E-state index in [1.807, 2.05) is 48.5 Å². The lowest BCUT2D eigenvalue weighted by Crippen LogP contribution is -2.16. The highest BCUT2D eigenvalue weighted by atomic mass is 16.1. The van der Waals surface area contributed by atoms with Crippen molar-refractivity contribution in [1.82, 2.24) is 9.97 Å². The highest BCUT2D eigenvalue weighted by Gasteiger charge is 2.12. The number of nitrogens with zero attached hydrogens (tertiary/aromatic N) is 1. The number of aromatic nitrogens is 2. The summed E-state index contributed by atoms with van der Waals surface area (Å²) in [7, 11) is 0. The van der Waals surface area contributed by atoms with Gasteiger partial charge < -0.3 is 15.6 Å².